The number of aliphatic hydroxyl groups excluding tert-OH is 2. The van der Waals surface area contributed by atoms with Gasteiger partial charge >= 0.3 is 0 Å². The summed E-state index contributed by atoms with van der Waals surface area (Å²) in [5, 5.41) is 30.3. The van der Waals surface area contributed by atoms with E-state index >= 15 is 0 Å². The molecule has 1 saturated heterocycles. The van der Waals surface area contributed by atoms with Crippen LogP contribution in [0.5, 0.6) is 0 Å². The van der Waals surface area contributed by atoms with E-state index < -0.39 is 17.8 Å². The van der Waals surface area contributed by atoms with Gasteiger partial charge in [0.15, 0.2) is 0 Å². The van der Waals surface area contributed by atoms with E-state index in [1.165, 1.54) is 37.7 Å². The first-order chi connectivity index (χ1) is 14.2. The van der Waals surface area contributed by atoms with Gasteiger partial charge in [-0.15, -0.1) is 0 Å². The lowest BCUT2D eigenvalue weighted by Gasteiger charge is -2.45. The van der Waals surface area contributed by atoms with E-state index in [9.17, 15) is 15.3 Å². The molecule has 0 aromatic rings. The largest absolute Gasteiger partial charge is 0.393 e. The molecule has 1 aliphatic heterocycles. The number of fused-ring (bicyclic) bond motifs is 1. The van der Waals surface area contributed by atoms with Crippen molar-refractivity contribution < 1.29 is 15.3 Å². The van der Waals surface area contributed by atoms with Crippen LogP contribution >= 0.6 is 0 Å². The van der Waals surface area contributed by atoms with Gasteiger partial charge in [-0.25, -0.2) is 0 Å². The lowest BCUT2D eigenvalue weighted by atomic mass is 9.61. The minimum Gasteiger partial charge on any atom is -0.393 e. The Labute approximate surface area is 183 Å². The van der Waals surface area contributed by atoms with Crippen molar-refractivity contribution in [3.05, 3.63) is 23.3 Å². The predicted molar refractivity (Wildman–Crippen MR) is 121 cm³/mol. The molecule has 3 N–H and O–H groups in total. The average molecular weight is 418 g/mol. The quantitative estimate of drug-likeness (QED) is 0.646. The Morgan fingerprint density at radius 3 is 2.50 bits per heavy atom. The number of hydrogen-bond donors (Lipinski definition) is 3. The Morgan fingerprint density at radius 2 is 1.83 bits per heavy atom. The summed E-state index contributed by atoms with van der Waals surface area (Å²) in [5.41, 5.74) is 2.68. The number of rotatable bonds is 4. The summed E-state index contributed by atoms with van der Waals surface area (Å²) >= 11 is 0. The van der Waals surface area contributed by atoms with Gasteiger partial charge in [-0.2, -0.15) is 0 Å². The molecule has 0 bridgehead atoms. The lowest BCUT2D eigenvalue weighted by Crippen LogP contribution is -2.40. The molecule has 4 fully saturated rings. The number of β-amino-alcohol motifs (C(OH)–C–C–N with tert-alkyl or cyclic N) is 1. The topological polar surface area (TPSA) is 63.9 Å². The zero-order chi connectivity index (χ0) is 21.5. The minimum atomic E-state index is -0.504. The molecule has 4 rings (SSSR count). The van der Waals surface area contributed by atoms with Crippen LogP contribution in [0.4, 0.5) is 0 Å². The Hall–Kier alpha value is -0.680. The molecule has 4 heteroatoms. The monoisotopic (exact) mass is 417 g/mol. The highest BCUT2D eigenvalue weighted by atomic mass is 16.3. The minimum absolute atomic E-state index is 0.385. The summed E-state index contributed by atoms with van der Waals surface area (Å²) in [7, 11) is 0. The molecule has 4 nitrogen and oxygen atoms in total. The molecule has 170 valence electrons. The van der Waals surface area contributed by atoms with E-state index in [0.29, 0.717) is 36.5 Å². The number of hydrogen-bond acceptors (Lipinski definition) is 4. The maximum Gasteiger partial charge on any atom is 0.0758 e. The van der Waals surface area contributed by atoms with Crippen molar-refractivity contribution in [1.29, 1.82) is 0 Å². The van der Waals surface area contributed by atoms with E-state index in [0.717, 1.165) is 32.0 Å². The van der Waals surface area contributed by atoms with Gasteiger partial charge in [-0.1, -0.05) is 37.1 Å². The molecule has 3 aliphatic carbocycles. The van der Waals surface area contributed by atoms with Crippen LogP contribution in [0.2, 0.25) is 0 Å². The molecule has 0 aromatic carbocycles. The average Bonchev–Trinajstić information content (AvgIpc) is 3.18. The van der Waals surface area contributed by atoms with Gasteiger partial charge in [0.25, 0.3) is 0 Å². The maximum absolute atomic E-state index is 10.3. The molecular formula is C26H43NO3. The normalized spacial score (nSPS) is 46.5. The van der Waals surface area contributed by atoms with Crippen molar-refractivity contribution >= 4 is 0 Å². The first-order valence-corrected chi connectivity index (χ1v) is 12.4. The third kappa shape index (κ3) is 4.72. The fourth-order valence-electron chi connectivity index (χ4n) is 7.47. The molecule has 30 heavy (non-hydrogen) atoms. The van der Waals surface area contributed by atoms with E-state index in [4.69, 9.17) is 0 Å². The fourth-order valence-corrected chi connectivity index (χ4v) is 7.47. The van der Waals surface area contributed by atoms with Gasteiger partial charge in [0.2, 0.25) is 0 Å². The molecular weight excluding hydrogens is 374 g/mol. The van der Waals surface area contributed by atoms with Gasteiger partial charge in [0, 0.05) is 19.6 Å². The van der Waals surface area contributed by atoms with Crippen molar-refractivity contribution in [3.8, 4) is 0 Å². The zero-order valence-corrected chi connectivity index (χ0v) is 19.3. The summed E-state index contributed by atoms with van der Waals surface area (Å²) in [4.78, 5) is 2.48. The van der Waals surface area contributed by atoms with E-state index in [1.807, 2.05) is 6.92 Å². The summed E-state index contributed by atoms with van der Waals surface area (Å²) < 4.78 is 0. The second-order valence-electron chi connectivity index (χ2n) is 11.6. The van der Waals surface area contributed by atoms with E-state index in [-0.39, 0.29) is 0 Å². The smallest absolute Gasteiger partial charge is 0.0758 e. The van der Waals surface area contributed by atoms with Crippen LogP contribution in [0.1, 0.15) is 78.6 Å². The molecule has 4 aliphatic rings. The molecule has 3 saturated carbocycles. The van der Waals surface area contributed by atoms with Crippen molar-refractivity contribution in [2.75, 3.05) is 19.6 Å². The zero-order valence-electron chi connectivity index (χ0n) is 19.3. The van der Waals surface area contributed by atoms with Crippen LogP contribution in [0.3, 0.4) is 0 Å². The summed E-state index contributed by atoms with van der Waals surface area (Å²) in [6.07, 6.45) is 13.0. The van der Waals surface area contributed by atoms with Crippen LogP contribution in [0, 0.1) is 23.2 Å². The number of likely N-dealkylation sites (tertiary alicyclic amines) is 1. The van der Waals surface area contributed by atoms with Gasteiger partial charge < -0.3 is 20.2 Å². The standard InChI is InChI=1S/C26H43NO3/c1-18(16-27-12-11-25(2,30)17-27)23-8-9-24-20(5-4-10-26(23,24)3)7-6-19-13-21(28)15-22(29)14-19/h6-7,18,21-24,28-30H,4-5,8-17H2,1-3H3/b19-6-,20-7+/t18?,21-,22+,23-,24+,25+,26-/m1/s1. The third-order valence-electron chi connectivity index (χ3n) is 8.87. The van der Waals surface area contributed by atoms with Crippen molar-refractivity contribution in [1.82, 2.24) is 4.90 Å². The fraction of sp³-hybridized carbons (Fsp3) is 0.846. The van der Waals surface area contributed by atoms with Crippen LogP contribution < -0.4 is 0 Å². The van der Waals surface area contributed by atoms with E-state index in [2.05, 4.69) is 30.9 Å². The first-order valence-electron chi connectivity index (χ1n) is 12.4. The number of allylic oxidation sites excluding steroid dienone is 3. The van der Waals surface area contributed by atoms with Crippen LogP contribution in [0.25, 0.3) is 0 Å². The molecule has 1 unspecified atom stereocenters. The predicted octanol–water partition coefficient (Wildman–Crippen LogP) is 4.05. The van der Waals surface area contributed by atoms with Crippen molar-refractivity contribution in [2.45, 2.75) is 96.4 Å². The molecule has 0 amide bonds. The second-order valence-corrected chi connectivity index (χ2v) is 11.6. The third-order valence-corrected chi connectivity index (χ3v) is 8.87. The Balaban J connectivity index is 1.44. The van der Waals surface area contributed by atoms with Gasteiger partial charge in [0.05, 0.1) is 17.8 Å². The van der Waals surface area contributed by atoms with Gasteiger partial charge in [-0.3, -0.25) is 0 Å². The molecule has 7 atom stereocenters. The highest BCUT2D eigenvalue weighted by Crippen LogP contribution is 2.59. The SMILES string of the molecule is CC(CN1CC[C@](C)(O)C1)[C@H]1CC[C@H]2/C(=C/C=C3/C[C@@H](O)C[C@@H](O)C3)CCC[C@]12C. The van der Waals surface area contributed by atoms with Crippen molar-refractivity contribution in [3.63, 3.8) is 0 Å². The van der Waals surface area contributed by atoms with Crippen LogP contribution in [-0.2, 0) is 0 Å². The van der Waals surface area contributed by atoms with Gasteiger partial charge in [-0.05, 0) is 87.9 Å². The lowest BCUT2D eigenvalue weighted by molar-refractivity contribution is 0.0547. The second kappa shape index (κ2) is 8.69. The van der Waals surface area contributed by atoms with Crippen LogP contribution in [0.15, 0.2) is 23.3 Å². The molecule has 0 aromatic heterocycles. The summed E-state index contributed by atoms with van der Waals surface area (Å²) in [6, 6.07) is 0. The molecule has 1 heterocycles. The Bertz CT molecular complexity index is 672. The Kier molecular flexibility index (Phi) is 6.52. The van der Waals surface area contributed by atoms with E-state index in [1.54, 1.807) is 5.57 Å². The first kappa shape index (κ1) is 22.5. The van der Waals surface area contributed by atoms with Crippen LogP contribution in [-0.4, -0.2) is 57.7 Å². The summed E-state index contributed by atoms with van der Waals surface area (Å²) in [6.45, 7) is 9.92. The van der Waals surface area contributed by atoms with Gasteiger partial charge in [0.1, 0.15) is 0 Å². The Morgan fingerprint density at radius 1 is 1.10 bits per heavy atom. The maximum atomic E-state index is 10.3. The molecule has 0 radical (unpaired) electrons. The number of nitrogens with zero attached hydrogens (tertiary/aromatic N) is 1. The highest BCUT2D eigenvalue weighted by molar-refractivity contribution is 5.26. The highest BCUT2D eigenvalue weighted by Gasteiger charge is 2.51. The molecule has 0 spiro atoms. The van der Waals surface area contributed by atoms with Crippen molar-refractivity contribution in [2.24, 2.45) is 23.2 Å². The number of aliphatic hydroxyl groups is 3. The summed E-state index contributed by atoms with van der Waals surface area (Å²) in [5.74, 6) is 2.09.